The van der Waals surface area contributed by atoms with Crippen molar-refractivity contribution in [2.75, 3.05) is 0 Å². The van der Waals surface area contributed by atoms with E-state index in [0.29, 0.717) is 0 Å². The summed E-state index contributed by atoms with van der Waals surface area (Å²) in [6.07, 6.45) is 11.8. The fourth-order valence-corrected chi connectivity index (χ4v) is 16.7. The molecule has 0 aliphatic heterocycles. The van der Waals surface area contributed by atoms with Crippen LogP contribution >= 0.6 is 0 Å². The van der Waals surface area contributed by atoms with Crippen LogP contribution in [-0.2, 0) is 38.5 Å². The van der Waals surface area contributed by atoms with E-state index in [1.54, 1.807) is 17.7 Å². The molecule has 0 N–H and O–H groups in total. The van der Waals surface area contributed by atoms with Gasteiger partial charge in [-0.2, -0.15) is 0 Å². The molecule has 7 rings (SSSR count). The van der Waals surface area contributed by atoms with Crippen molar-refractivity contribution in [2.24, 2.45) is 10.8 Å². The number of benzene rings is 3. The van der Waals surface area contributed by atoms with Gasteiger partial charge in [0.25, 0.3) is 0 Å². The zero-order valence-corrected chi connectivity index (χ0v) is 33.2. The van der Waals surface area contributed by atoms with Crippen LogP contribution in [0.5, 0.6) is 0 Å². The molecule has 3 heteroatoms. The fourth-order valence-electron chi connectivity index (χ4n) is 8.43. The molecule has 0 atom stereocenters. The van der Waals surface area contributed by atoms with E-state index in [4.69, 9.17) is 0 Å². The quantitative estimate of drug-likeness (QED) is 0.268. The van der Waals surface area contributed by atoms with E-state index in [0.717, 1.165) is 12.8 Å². The molecule has 0 saturated heterocycles. The topological polar surface area (TPSA) is 0 Å². The number of hydrogen-bond acceptors (Lipinski definition) is 0. The average Bonchev–Trinajstić information content (AvgIpc) is 3.69. The van der Waals surface area contributed by atoms with Crippen molar-refractivity contribution in [1.82, 2.24) is 0 Å². The molecule has 4 aliphatic rings. The zero-order valence-electron chi connectivity index (χ0n) is 29.3. The molecule has 0 fully saturated rings. The first-order valence-electron chi connectivity index (χ1n) is 16.5. The second kappa shape index (κ2) is 11.8. The number of allylic oxidation sites excluding steroid dienone is 8. The van der Waals surface area contributed by atoms with E-state index in [1.807, 2.05) is 0 Å². The van der Waals surface area contributed by atoms with Gasteiger partial charge in [-0.1, -0.05) is 0 Å². The molecule has 0 radical (unpaired) electrons. The van der Waals surface area contributed by atoms with E-state index in [9.17, 15) is 0 Å². The van der Waals surface area contributed by atoms with Gasteiger partial charge in [-0.05, 0) is 0 Å². The van der Waals surface area contributed by atoms with Crippen molar-refractivity contribution < 1.29 is 46.1 Å². The summed E-state index contributed by atoms with van der Waals surface area (Å²) in [5.41, 5.74) is 16.8. The van der Waals surface area contributed by atoms with Crippen LogP contribution < -0.4 is 24.8 Å². The smallest absolute Gasteiger partial charge is 1.00 e. The SMILES string of the molecule is CC(C)(C)C1=CC(C)(C)c2cc3c(cc21)-c1cc2c(cc1C3)C(C)(C)[C]([Zr+2](=[CH]c1ccccc1)[C]1=CC=CC1)=C2C(C)(C)C.[Cl-].[Cl-]. The second-order valence-corrected chi connectivity index (χ2v) is 22.3. The van der Waals surface area contributed by atoms with Crippen molar-refractivity contribution in [3.63, 3.8) is 0 Å². The monoisotopic (exact) mass is 724 g/mol. The third-order valence-corrected chi connectivity index (χ3v) is 18.1. The fraction of sp³-hybridized carbons (Fsp3) is 0.372. The predicted molar refractivity (Wildman–Crippen MR) is 188 cm³/mol. The van der Waals surface area contributed by atoms with Gasteiger partial charge in [-0.3, -0.25) is 0 Å². The van der Waals surface area contributed by atoms with Crippen molar-refractivity contribution in [1.29, 1.82) is 0 Å². The van der Waals surface area contributed by atoms with Crippen molar-refractivity contribution >= 4 is 14.9 Å². The average molecular weight is 727 g/mol. The van der Waals surface area contributed by atoms with E-state index in [2.05, 4.69) is 152 Å². The van der Waals surface area contributed by atoms with Gasteiger partial charge in [0.05, 0.1) is 0 Å². The number of hydrogen-bond donors (Lipinski definition) is 0. The van der Waals surface area contributed by atoms with Gasteiger partial charge < -0.3 is 24.8 Å². The Balaban J connectivity index is 0.00000208. The van der Waals surface area contributed by atoms with E-state index in [1.165, 1.54) is 50.1 Å². The maximum Gasteiger partial charge on any atom is -1.00 e. The molecule has 0 heterocycles. The first kappa shape index (κ1) is 35.3. The van der Waals surface area contributed by atoms with Gasteiger partial charge >= 0.3 is 275 Å². The standard InChI is InChI=1S/C31H37.C7H6.C5H5.2ClH.Zr/c1-28(2,3)26-16-30(7,8)24-12-18-11-19-13-25-23(15-21(19)20(18)14-22(24)26)27(29(4,5)6)17-31(25,9)10;1-7-5-3-2-4-6-7;1-2-4-5-3-1;;;/h12-16H,11H2,1-10H3;1-6H;1-3H,4H2;2*1H;/q;;;;;+2/p-2. The Bertz CT molecular complexity index is 1890. The molecule has 3 aromatic carbocycles. The summed E-state index contributed by atoms with van der Waals surface area (Å²) in [6.45, 7) is 24.3. The molecule has 0 amide bonds. The van der Waals surface area contributed by atoms with Gasteiger partial charge in [0, 0.05) is 0 Å². The van der Waals surface area contributed by atoms with Crippen LogP contribution in [0.3, 0.4) is 0 Å². The van der Waals surface area contributed by atoms with Crippen LogP contribution in [0.15, 0.2) is 85.5 Å². The van der Waals surface area contributed by atoms with E-state index < -0.39 is 21.3 Å². The summed E-state index contributed by atoms with van der Waals surface area (Å²) in [6, 6.07) is 21.5. The summed E-state index contributed by atoms with van der Waals surface area (Å²) in [5.74, 6) is 0. The van der Waals surface area contributed by atoms with Crippen LogP contribution in [0.4, 0.5) is 0 Å². The summed E-state index contributed by atoms with van der Waals surface area (Å²) in [5, 5.41) is 0. The summed E-state index contributed by atoms with van der Waals surface area (Å²) >= 11 is -2.42. The Labute approximate surface area is 298 Å². The van der Waals surface area contributed by atoms with E-state index >= 15 is 0 Å². The minimum absolute atomic E-state index is 0. The third-order valence-electron chi connectivity index (χ3n) is 10.5. The van der Waals surface area contributed by atoms with Gasteiger partial charge in [-0.25, -0.2) is 0 Å². The summed E-state index contributed by atoms with van der Waals surface area (Å²) in [4.78, 5) is 0. The van der Waals surface area contributed by atoms with E-state index in [-0.39, 0.29) is 46.5 Å². The normalized spacial score (nSPS) is 18.3. The van der Waals surface area contributed by atoms with Crippen molar-refractivity contribution in [3.05, 3.63) is 124 Å². The molecule has 4 aliphatic carbocycles. The molecule has 0 unspecified atom stereocenters. The van der Waals surface area contributed by atoms with Gasteiger partial charge in [0.1, 0.15) is 0 Å². The minimum atomic E-state index is -2.42. The van der Waals surface area contributed by atoms with Crippen molar-refractivity contribution in [2.45, 2.75) is 92.9 Å². The molecule has 0 nitrogen and oxygen atoms in total. The number of fused-ring (bicyclic) bond motifs is 5. The van der Waals surface area contributed by atoms with Crippen LogP contribution in [0.1, 0.15) is 115 Å². The van der Waals surface area contributed by atoms with Gasteiger partial charge in [-0.15, -0.1) is 0 Å². The maximum atomic E-state index is 2.73. The maximum absolute atomic E-state index is 2.73. The van der Waals surface area contributed by atoms with Gasteiger partial charge in [0.15, 0.2) is 0 Å². The van der Waals surface area contributed by atoms with Crippen LogP contribution in [0.2, 0.25) is 0 Å². The van der Waals surface area contributed by atoms with Crippen LogP contribution in [-0.4, -0.2) is 3.71 Å². The Kier molecular flexibility index (Phi) is 9.07. The second-order valence-electron chi connectivity index (χ2n) is 16.7. The third kappa shape index (κ3) is 5.61. The Morgan fingerprint density at radius 2 is 1.33 bits per heavy atom. The Morgan fingerprint density at radius 3 is 1.89 bits per heavy atom. The molecule has 238 valence electrons. The first-order valence-corrected chi connectivity index (χ1v) is 20.4. The number of rotatable bonds is 3. The van der Waals surface area contributed by atoms with Crippen molar-refractivity contribution in [3.8, 4) is 11.1 Å². The molecule has 0 saturated carbocycles. The molecular formula is C43H48Cl2Zr. The summed E-state index contributed by atoms with van der Waals surface area (Å²) in [7, 11) is 0. The molecular weight excluding hydrogens is 679 g/mol. The van der Waals surface area contributed by atoms with Crippen LogP contribution in [0.25, 0.3) is 22.3 Å². The molecule has 3 aromatic rings. The Morgan fingerprint density at radius 1 is 0.717 bits per heavy atom. The van der Waals surface area contributed by atoms with Crippen LogP contribution in [0, 0.1) is 10.8 Å². The Hall–Kier alpha value is -2.05. The molecule has 46 heavy (non-hydrogen) atoms. The number of halogens is 2. The first-order chi connectivity index (χ1) is 20.6. The predicted octanol–water partition coefficient (Wildman–Crippen LogP) is 5.35. The molecule has 0 bridgehead atoms. The summed E-state index contributed by atoms with van der Waals surface area (Å²) < 4.78 is 6.20. The van der Waals surface area contributed by atoms with Gasteiger partial charge in [0.2, 0.25) is 0 Å². The molecule has 0 spiro atoms. The molecule has 0 aromatic heterocycles. The largest absolute Gasteiger partial charge is 1.00 e. The minimum Gasteiger partial charge on any atom is -1.00 e. The zero-order chi connectivity index (χ0) is 31.4.